The van der Waals surface area contributed by atoms with Crippen LogP contribution >= 0.6 is 11.6 Å². The first-order valence-electron chi connectivity index (χ1n) is 11.7. The van der Waals surface area contributed by atoms with Gasteiger partial charge in [-0.2, -0.15) is 15.3 Å². The molecule has 0 radical (unpaired) electrons. The second kappa shape index (κ2) is 9.20. The maximum atomic E-state index is 13.6. The van der Waals surface area contributed by atoms with Gasteiger partial charge in [0.1, 0.15) is 17.7 Å². The number of anilines is 1. The lowest BCUT2D eigenvalue weighted by Gasteiger charge is -2.22. The Labute approximate surface area is 205 Å². The third-order valence-corrected chi connectivity index (χ3v) is 8.48. The number of ether oxygens (including phenoxy) is 1. The summed E-state index contributed by atoms with van der Waals surface area (Å²) in [6, 6.07) is 8.86. The Balaban J connectivity index is 1.38. The van der Waals surface area contributed by atoms with Crippen LogP contribution in [0.25, 0.3) is 11.3 Å². The first-order chi connectivity index (χ1) is 16.3. The molecule has 0 spiro atoms. The number of carbonyl (C=O) groups is 1. The Morgan fingerprint density at radius 2 is 2.03 bits per heavy atom. The number of carbonyl (C=O) groups excluding carboxylic acids is 1. The third kappa shape index (κ3) is 4.91. The van der Waals surface area contributed by atoms with Gasteiger partial charge in [0.2, 0.25) is 5.91 Å². The summed E-state index contributed by atoms with van der Waals surface area (Å²) in [5.74, 6) is 1.22. The Bertz CT molecular complexity index is 1160. The van der Waals surface area contributed by atoms with Crippen LogP contribution in [0.1, 0.15) is 12.0 Å². The molecule has 2 aliphatic rings. The summed E-state index contributed by atoms with van der Waals surface area (Å²) in [4.78, 5) is 19.7. The molecule has 3 aromatic rings. The molecule has 5 rings (SSSR count). The van der Waals surface area contributed by atoms with Gasteiger partial charge in [-0.3, -0.25) is 9.69 Å². The van der Waals surface area contributed by atoms with Gasteiger partial charge in [0.25, 0.3) is 0 Å². The summed E-state index contributed by atoms with van der Waals surface area (Å²) < 4.78 is 7.83. The highest BCUT2D eigenvalue weighted by atomic mass is 35.5. The molecule has 10 heteroatoms. The fourth-order valence-electron chi connectivity index (χ4n) is 4.57. The maximum absolute atomic E-state index is 13.6. The van der Waals surface area contributed by atoms with Crippen LogP contribution in [0.5, 0.6) is 0 Å². The number of pyridine rings is 1. The van der Waals surface area contributed by atoms with E-state index in [1.165, 1.54) is 0 Å². The van der Waals surface area contributed by atoms with Crippen molar-refractivity contribution in [2.75, 3.05) is 11.5 Å². The van der Waals surface area contributed by atoms with E-state index in [2.05, 4.69) is 34.8 Å². The van der Waals surface area contributed by atoms with Crippen molar-refractivity contribution >= 4 is 31.4 Å². The summed E-state index contributed by atoms with van der Waals surface area (Å²) in [6.45, 7) is 7.99. The van der Waals surface area contributed by atoms with E-state index in [1.54, 1.807) is 24.7 Å². The van der Waals surface area contributed by atoms with Gasteiger partial charge in [0, 0.05) is 44.5 Å². The van der Waals surface area contributed by atoms with E-state index in [0.29, 0.717) is 30.8 Å². The van der Waals surface area contributed by atoms with Crippen molar-refractivity contribution in [3.05, 3.63) is 53.6 Å². The zero-order chi connectivity index (χ0) is 23.9. The lowest BCUT2D eigenvalue weighted by molar-refractivity contribution is -0.121. The number of aromatic nitrogens is 5. The number of hydrogen-bond donors (Lipinski definition) is 0. The first kappa shape index (κ1) is 23.1. The van der Waals surface area contributed by atoms with Crippen molar-refractivity contribution in [2.24, 2.45) is 11.8 Å². The smallest absolute Gasteiger partial charge is 0.232 e. The quantitative estimate of drug-likeness (QED) is 0.249. The molecule has 1 aliphatic carbocycles. The molecule has 0 bridgehead atoms. The van der Waals surface area contributed by atoms with Crippen molar-refractivity contribution in [1.29, 1.82) is 0 Å². The van der Waals surface area contributed by atoms with Crippen LogP contribution in [0.3, 0.4) is 0 Å². The highest BCUT2D eigenvalue weighted by Gasteiger charge is 2.59. The molecule has 8 nitrogen and oxygen atoms in total. The van der Waals surface area contributed by atoms with E-state index >= 15 is 0 Å². The fourth-order valence-corrected chi connectivity index (χ4v) is 5.43. The summed E-state index contributed by atoms with van der Waals surface area (Å²) in [6.07, 6.45) is 6.77. The predicted octanol–water partition coefficient (Wildman–Crippen LogP) is 4.29. The number of hydrogen-bond acceptors (Lipinski definition) is 6. The molecule has 1 aliphatic heterocycles. The Morgan fingerprint density at radius 1 is 1.18 bits per heavy atom. The lowest BCUT2D eigenvalue weighted by atomic mass is 9.96. The predicted molar refractivity (Wildman–Crippen MR) is 133 cm³/mol. The molecule has 1 amide bonds. The average molecular weight is 497 g/mol. The average Bonchev–Trinajstić information content (AvgIpc) is 3.38. The van der Waals surface area contributed by atoms with E-state index in [9.17, 15) is 4.79 Å². The SMILES string of the molecule is C[Si](C)(C)CCOCn1nc(-c2ccnnc2)cc1N1C(=O)C(Cc2ccc(Cl)nc2)C2CC21. The summed E-state index contributed by atoms with van der Waals surface area (Å²) >= 11 is 5.93. The van der Waals surface area contributed by atoms with Gasteiger partial charge in [0.05, 0.1) is 18.1 Å². The fraction of sp³-hybridized carbons (Fsp3) is 0.458. The number of rotatable bonds is 9. The van der Waals surface area contributed by atoms with Gasteiger partial charge >= 0.3 is 0 Å². The monoisotopic (exact) mass is 496 g/mol. The maximum Gasteiger partial charge on any atom is 0.232 e. The Hall–Kier alpha value is -2.62. The Kier molecular flexibility index (Phi) is 6.26. The van der Waals surface area contributed by atoms with Crippen LogP contribution in [0.15, 0.2) is 42.9 Å². The van der Waals surface area contributed by atoms with Crippen LogP contribution < -0.4 is 4.90 Å². The molecule has 1 saturated carbocycles. The Morgan fingerprint density at radius 3 is 2.74 bits per heavy atom. The second-order valence-corrected chi connectivity index (χ2v) is 16.3. The van der Waals surface area contributed by atoms with E-state index in [4.69, 9.17) is 21.4 Å². The van der Waals surface area contributed by atoms with E-state index in [0.717, 1.165) is 35.1 Å². The molecule has 3 unspecified atom stereocenters. The van der Waals surface area contributed by atoms with Gasteiger partial charge in [-0.1, -0.05) is 37.3 Å². The van der Waals surface area contributed by atoms with Crippen molar-refractivity contribution in [3.63, 3.8) is 0 Å². The van der Waals surface area contributed by atoms with Gasteiger partial charge < -0.3 is 4.74 Å². The van der Waals surface area contributed by atoms with E-state index < -0.39 is 8.07 Å². The summed E-state index contributed by atoms with van der Waals surface area (Å²) in [7, 11) is -1.20. The van der Waals surface area contributed by atoms with Crippen LogP contribution in [-0.4, -0.2) is 51.6 Å². The van der Waals surface area contributed by atoms with Gasteiger partial charge in [0.15, 0.2) is 0 Å². The molecule has 3 atom stereocenters. The van der Waals surface area contributed by atoms with E-state index in [1.807, 2.05) is 27.8 Å². The molecule has 178 valence electrons. The molecule has 0 N–H and O–H groups in total. The number of amides is 1. The number of halogens is 1. The topological polar surface area (TPSA) is 86.0 Å². The van der Waals surface area contributed by atoms with Crippen LogP contribution in [0.2, 0.25) is 30.8 Å². The van der Waals surface area contributed by atoms with Crippen molar-refractivity contribution < 1.29 is 9.53 Å². The van der Waals surface area contributed by atoms with E-state index in [-0.39, 0.29) is 17.9 Å². The minimum absolute atomic E-state index is 0.0600. The molecular weight excluding hydrogens is 468 g/mol. The molecule has 34 heavy (non-hydrogen) atoms. The molecular formula is C24H29ClN6O2Si. The highest BCUT2D eigenvalue weighted by Crippen LogP contribution is 2.52. The van der Waals surface area contributed by atoms with Gasteiger partial charge in [-0.15, -0.1) is 0 Å². The highest BCUT2D eigenvalue weighted by molar-refractivity contribution is 6.76. The third-order valence-electron chi connectivity index (χ3n) is 6.55. The standard InChI is InChI=1S/C24H29ClN6O2Si/c1-34(2,3)9-8-33-15-30-23(12-20(29-30)17-6-7-27-28-14-17)31-21-11-18(21)19(24(31)32)10-16-4-5-22(25)26-13-16/h4-7,12-14,18-19,21H,8-11,15H2,1-3H3. The largest absolute Gasteiger partial charge is 0.359 e. The minimum atomic E-state index is -1.20. The van der Waals surface area contributed by atoms with Gasteiger partial charge in [-0.25, -0.2) is 9.67 Å². The molecule has 0 aromatic carbocycles. The minimum Gasteiger partial charge on any atom is -0.359 e. The zero-order valence-electron chi connectivity index (χ0n) is 19.7. The first-order valence-corrected chi connectivity index (χ1v) is 15.7. The summed E-state index contributed by atoms with van der Waals surface area (Å²) in [5, 5.41) is 13.1. The van der Waals surface area contributed by atoms with Crippen molar-refractivity contribution in [2.45, 2.75) is 51.3 Å². The van der Waals surface area contributed by atoms with Crippen molar-refractivity contribution in [3.8, 4) is 11.3 Å². The molecule has 3 aromatic heterocycles. The van der Waals surface area contributed by atoms with Crippen molar-refractivity contribution in [1.82, 2.24) is 25.0 Å². The van der Waals surface area contributed by atoms with Crippen LogP contribution in [0, 0.1) is 11.8 Å². The number of fused-ring (bicyclic) bond motifs is 1. The lowest BCUT2D eigenvalue weighted by Crippen LogP contribution is -2.34. The van der Waals surface area contributed by atoms with Gasteiger partial charge in [-0.05, 0) is 42.5 Å². The molecule has 2 fully saturated rings. The van der Waals surface area contributed by atoms with Crippen LogP contribution in [0.4, 0.5) is 5.82 Å². The summed E-state index contributed by atoms with van der Waals surface area (Å²) in [5.41, 5.74) is 2.65. The number of piperidine rings is 1. The molecule has 1 saturated heterocycles. The molecule has 4 heterocycles. The zero-order valence-corrected chi connectivity index (χ0v) is 21.4. The second-order valence-electron chi connectivity index (χ2n) is 10.3. The normalized spacial score (nSPS) is 21.7. The number of nitrogens with zero attached hydrogens (tertiary/aromatic N) is 6. The van der Waals surface area contributed by atoms with Crippen LogP contribution in [-0.2, 0) is 22.7 Å².